The molecule has 0 saturated carbocycles. The second-order valence-corrected chi connectivity index (χ2v) is 16.6. The molecule has 15 N–H and O–H groups in total. The van der Waals surface area contributed by atoms with Gasteiger partial charge in [0.05, 0.1) is 19.0 Å². The summed E-state index contributed by atoms with van der Waals surface area (Å²) in [4.78, 5) is 136. The number of aromatic amines is 1. The van der Waals surface area contributed by atoms with Crippen molar-refractivity contribution in [3.8, 4) is 5.75 Å². The standard InChI is InChI=1S/C47H57N11O12/c48-31(20-27-10-12-29(59)13-11-27)43(66)55-33-16-18-50-38(60)14-15-39(61)51-19-17-34(45(68)58-37(23-41(63)64)47(70)57-35(42(49)65)21-26-6-2-1-3-7-26)56-46(69)36(54-40(62)25-53-44(33)67)22-28-24-52-32-9-5-4-8-30(28)32/h1-13,24,31,33-37,52,59H,14-23,25,48H2,(H2,49,65)(H,50,60)(H,51,61)(H,53,67)(H,54,62)(H,55,66)(H,56,69)(H,57,70)(H,58,68)(H,63,64)/t31-,33-,34-,35-,36-,37-/m0/s1. The number of benzene rings is 3. The number of nitrogens with one attached hydrogen (secondary N) is 9. The van der Waals surface area contributed by atoms with Gasteiger partial charge in [0, 0.05) is 55.9 Å². The van der Waals surface area contributed by atoms with Crippen LogP contribution in [0.4, 0.5) is 0 Å². The van der Waals surface area contributed by atoms with Crippen molar-refractivity contribution in [2.24, 2.45) is 11.5 Å². The zero-order valence-corrected chi connectivity index (χ0v) is 38.0. The van der Waals surface area contributed by atoms with Crippen LogP contribution in [0.5, 0.6) is 5.75 Å². The molecule has 0 bridgehead atoms. The number of rotatable bonds is 15. The summed E-state index contributed by atoms with van der Waals surface area (Å²) in [7, 11) is 0. The van der Waals surface area contributed by atoms with Crippen LogP contribution in [0.2, 0.25) is 0 Å². The molecule has 0 unspecified atom stereocenters. The van der Waals surface area contributed by atoms with Gasteiger partial charge < -0.3 is 69.2 Å². The number of para-hydroxylation sites is 1. The van der Waals surface area contributed by atoms with E-state index in [-0.39, 0.29) is 63.8 Å². The first kappa shape index (κ1) is 52.6. The summed E-state index contributed by atoms with van der Waals surface area (Å²) in [5.41, 5.74) is 14.2. The second kappa shape index (κ2) is 25.7. The minimum absolute atomic E-state index is 0.00839. The molecule has 1 fully saturated rings. The van der Waals surface area contributed by atoms with E-state index in [4.69, 9.17) is 11.5 Å². The highest BCUT2D eigenvalue weighted by atomic mass is 16.4. The summed E-state index contributed by atoms with van der Waals surface area (Å²) in [6.07, 6.45) is -0.679. The molecule has 4 aromatic rings. The van der Waals surface area contributed by atoms with Crippen molar-refractivity contribution >= 4 is 70.0 Å². The summed E-state index contributed by atoms with van der Waals surface area (Å²) < 4.78 is 0. The Hall–Kier alpha value is -8.34. The van der Waals surface area contributed by atoms with Crippen LogP contribution in [0.15, 0.2) is 85.1 Å². The number of H-pyrrole nitrogens is 1. The van der Waals surface area contributed by atoms with Gasteiger partial charge in [-0.05, 0) is 54.2 Å². The number of phenolic OH excluding ortho intramolecular Hbond substituents is 1. The molecule has 2 heterocycles. The van der Waals surface area contributed by atoms with Crippen LogP contribution in [0.25, 0.3) is 10.9 Å². The maximum Gasteiger partial charge on any atom is 0.305 e. The van der Waals surface area contributed by atoms with E-state index in [1.54, 1.807) is 72.9 Å². The average Bonchev–Trinajstić information content (AvgIpc) is 3.74. The Morgan fingerprint density at radius 3 is 2.01 bits per heavy atom. The Morgan fingerprint density at radius 2 is 1.34 bits per heavy atom. The zero-order chi connectivity index (χ0) is 50.7. The predicted octanol–water partition coefficient (Wildman–Crippen LogP) is -2.46. The first-order valence-electron chi connectivity index (χ1n) is 22.4. The molecule has 1 saturated heterocycles. The molecule has 372 valence electrons. The van der Waals surface area contributed by atoms with Gasteiger partial charge in [0.1, 0.15) is 36.0 Å². The molecule has 0 aliphatic carbocycles. The molecule has 0 spiro atoms. The Balaban J connectivity index is 1.38. The number of aromatic nitrogens is 1. The van der Waals surface area contributed by atoms with Crippen LogP contribution in [0, 0.1) is 0 Å². The Labute approximate surface area is 401 Å². The summed E-state index contributed by atoms with van der Waals surface area (Å²) in [6, 6.07) is 12.9. The van der Waals surface area contributed by atoms with Crippen molar-refractivity contribution in [3.05, 3.63) is 102 Å². The van der Waals surface area contributed by atoms with Crippen LogP contribution >= 0.6 is 0 Å². The fourth-order valence-electron chi connectivity index (χ4n) is 7.45. The molecule has 1 aliphatic heterocycles. The summed E-state index contributed by atoms with van der Waals surface area (Å²) in [6.45, 7) is -1.15. The van der Waals surface area contributed by atoms with Gasteiger partial charge >= 0.3 is 5.97 Å². The molecular weight excluding hydrogens is 911 g/mol. The summed E-state index contributed by atoms with van der Waals surface area (Å²) in [5, 5.41) is 40.0. The highest BCUT2D eigenvalue weighted by Gasteiger charge is 2.33. The van der Waals surface area contributed by atoms with Crippen LogP contribution in [0.1, 0.15) is 48.8 Å². The van der Waals surface area contributed by atoms with Crippen molar-refractivity contribution in [3.63, 3.8) is 0 Å². The molecular formula is C47H57N11O12. The maximum atomic E-state index is 14.3. The lowest BCUT2D eigenvalue weighted by Gasteiger charge is -2.26. The molecule has 1 aliphatic rings. The Morgan fingerprint density at radius 1 is 0.700 bits per heavy atom. The minimum Gasteiger partial charge on any atom is -0.508 e. The fourth-order valence-corrected chi connectivity index (χ4v) is 7.45. The number of phenols is 1. The number of hydrogen-bond donors (Lipinski definition) is 13. The van der Waals surface area contributed by atoms with Crippen molar-refractivity contribution in [1.82, 2.24) is 47.5 Å². The normalized spacial score (nSPS) is 19.0. The largest absolute Gasteiger partial charge is 0.508 e. The number of carbonyl (C=O) groups excluding carboxylic acids is 9. The molecule has 70 heavy (non-hydrogen) atoms. The molecule has 6 atom stereocenters. The summed E-state index contributed by atoms with van der Waals surface area (Å²) in [5.74, 6) is -9.22. The second-order valence-electron chi connectivity index (χ2n) is 16.6. The lowest BCUT2D eigenvalue weighted by molar-refractivity contribution is -0.141. The topological polar surface area (TPSA) is 375 Å². The van der Waals surface area contributed by atoms with Crippen molar-refractivity contribution in [1.29, 1.82) is 0 Å². The van der Waals surface area contributed by atoms with E-state index in [1.165, 1.54) is 12.1 Å². The first-order chi connectivity index (χ1) is 33.4. The van der Waals surface area contributed by atoms with Crippen molar-refractivity contribution in [2.75, 3.05) is 19.6 Å². The number of nitrogens with two attached hydrogens (primary N) is 2. The number of carboxylic acid groups (broad SMARTS) is 1. The zero-order valence-electron chi connectivity index (χ0n) is 38.0. The summed E-state index contributed by atoms with van der Waals surface area (Å²) >= 11 is 0. The van der Waals surface area contributed by atoms with E-state index in [9.17, 15) is 58.2 Å². The van der Waals surface area contributed by atoms with Gasteiger partial charge in [0.15, 0.2) is 0 Å². The molecule has 23 nitrogen and oxygen atoms in total. The number of aliphatic carboxylic acids is 1. The van der Waals surface area contributed by atoms with Gasteiger partial charge in [-0.25, -0.2) is 0 Å². The van der Waals surface area contributed by atoms with Gasteiger partial charge in [-0.15, -0.1) is 0 Å². The highest BCUT2D eigenvalue weighted by Crippen LogP contribution is 2.20. The van der Waals surface area contributed by atoms with Crippen molar-refractivity contribution < 1.29 is 58.2 Å². The van der Waals surface area contributed by atoms with Crippen molar-refractivity contribution in [2.45, 2.75) is 87.6 Å². The molecule has 1 aromatic heterocycles. The Bertz CT molecular complexity index is 2540. The van der Waals surface area contributed by atoms with Crippen LogP contribution in [-0.2, 0) is 67.2 Å². The van der Waals surface area contributed by atoms with Crippen LogP contribution in [-0.4, -0.2) is 130 Å². The molecule has 5 rings (SSSR count). The van der Waals surface area contributed by atoms with Crippen LogP contribution in [0.3, 0.4) is 0 Å². The third-order valence-corrected chi connectivity index (χ3v) is 11.2. The quantitative estimate of drug-likeness (QED) is 0.0589. The van der Waals surface area contributed by atoms with E-state index in [2.05, 4.69) is 47.5 Å². The van der Waals surface area contributed by atoms with Gasteiger partial charge in [0.2, 0.25) is 53.2 Å². The van der Waals surface area contributed by atoms with Gasteiger partial charge in [-0.3, -0.25) is 47.9 Å². The number of amides is 9. The highest BCUT2D eigenvalue weighted by molar-refractivity contribution is 5.98. The van der Waals surface area contributed by atoms with Crippen LogP contribution < -0.4 is 54.0 Å². The van der Waals surface area contributed by atoms with Gasteiger partial charge in [0.25, 0.3) is 0 Å². The first-order valence-corrected chi connectivity index (χ1v) is 22.4. The lowest BCUT2D eigenvalue weighted by atomic mass is 10.0. The van der Waals surface area contributed by atoms with E-state index >= 15 is 0 Å². The molecule has 9 amide bonds. The maximum absolute atomic E-state index is 14.3. The number of aromatic hydroxyl groups is 1. The third kappa shape index (κ3) is 16.5. The minimum atomic E-state index is -1.80. The van der Waals surface area contributed by atoms with E-state index < -0.39 is 108 Å². The number of hydrogen-bond acceptors (Lipinski definition) is 12. The average molecular weight is 968 g/mol. The van der Waals surface area contributed by atoms with E-state index in [1.807, 2.05) is 0 Å². The van der Waals surface area contributed by atoms with E-state index in [0.29, 0.717) is 27.6 Å². The van der Waals surface area contributed by atoms with Gasteiger partial charge in [-0.1, -0.05) is 60.7 Å². The number of carboxylic acids is 1. The molecule has 0 radical (unpaired) electrons. The lowest BCUT2D eigenvalue weighted by Crippen LogP contribution is -2.59. The predicted molar refractivity (Wildman–Crippen MR) is 251 cm³/mol. The Kier molecular flexibility index (Phi) is 19.3. The number of fused-ring (bicyclic) bond motifs is 1. The number of carbonyl (C=O) groups is 10. The molecule has 23 heteroatoms. The smallest absolute Gasteiger partial charge is 0.305 e. The van der Waals surface area contributed by atoms with Gasteiger partial charge in [-0.2, -0.15) is 0 Å². The SMILES string of the molecule is NC(=O)[C@H](Cc1ccccc1)NC(=O)[C@H](CC(=O)O)NC(=O)[C@@H]1CCNC(=O)CCC(=O)NCC[C@H](NC(=O)[C@@H](N)Cc2ccc(O)cc2)C(=O)NCC(=O)N[C@@H](Cc2c[nH]c3ccccc23)C(=O)N1. The third-order valence-electron chi connectivity index (χ3n) is 11.2. The molecule has 3 aromatic carbocycles. The number of primary amides is 1. The monoisotopic (exact) mass is 967 g/mol. The fraction of sp³-hybridized carbons (Fsp3) is 0.362. The van der Waals surface area contributed by atoms with E-state index in [0.717, 1.165) is 0 Å².